The van der Waals surface area contributed by atoms with Crippen molar-refractivity contribution in [1.82, 2.24) is 4.90 Å². The number of hydrogen-bond donors (Lipinski definition) is 2. The van der Waals surface area contributed by atoms with Crippen molar-refractivity contribution in [2.75, 3.05) is 0 Å². The first-order valence-electron chi connectivity index (χ1n) is 14.9. The van der Waals surface area contributed by atoms with E-state index in [0.717, 1.165) is 0 Å². The summed E-state index contributed by atoms with van der Waals surface area (Å²) < 4.78 is 130. The van der Waals surface area contributed by atoms with Gasteiger partial charge >= 0.3 is 0 Å². The van der Waals surface area contributed by atoms with Crippen molar-refractivity contribution in [2.24, 2.45) is 28.9 Å². The third-order valence-corrected chi connectivity index (χ3v) is 4.95. The maximum absolute atomic E-state index is 13.9. The predicted molar refractivity (Wildman–Crippen MR) is 82.8 cm³/mol. The summed E-state index contributed by atoms with van der Waals surface area (Å²) in [7, 11) is 0. The van der Waals surface area contributed by atoms with Crippen molar-refractivity contribution < 1.29 is 30.5 Å². The van der Waals surface area contributed by atoms with Gasteiger partial charge in [0.05, 0.1) is 19.1 Å². The molecule has 3 N–H and O–H groups in total. The standard InChI is InChI=1S/C18H25N3O2/c19-8-13-2-12-3-14(12)21(13)16(22)15(20)17-4-10-1-11(5-17)7-18(23,6-10)9-17/h10-15,23H,1-7,9,20H2/t10?,11?,12-,13+,14+,15-,17?,18?/m1/s1/i1D2,4D2,5D2,6D2,7D2,9D2,10D,11D,13D. The van der Waals surface area contributed by atoms with Crippen LogP contribution < -0.4 is 5.73 Å². The number of rotatable bonds is 2. The van der Waals surface area contributed by atoms with Gasteiger partial charge in [-0.05, 0) is 74.2 Å². The number of amides is 1. The second-order valence-corrected chi connectivity index (χ2v) is 6.53. The predicted octanol–water partition coefficient (Wildman–Crippen LogP) is 1.16. The van der Waals surface area contributed by atoms with Crippen molar-refractivity contribution >= 4 is 5.91 Å². The molecule has 1 heterocycles. The lowest BCUT2D eigenvalue weighted by atomic mass is 9.46. The number of carbonyl (C=O) groups excluding carboxylic acids is 1. The average molecular weight is 331 g/mol. The van der Waals surface area contributed by atoms with Crippen molar-refractivity contribution in [3.8, 4) is 6.07 Å². The van der Waals surface area contributed by atoms with E-state index in [9.17, 15) is 15.2 Å². The minimum absolute atomic E-state index is 0.144. The highest BCUT2D eigenvalue weighted by Crippen LogP contribution is 2.63. The fourth-order valence-corrected chi connectivity index (χ4v) is 3.82. The van der Waals surface area contributed by atoms with Crippen molar-refractivity contribution in [1.29, 1.82) is 5.26 Å². The highest BCUT2D eigenvalue weighted by Gasteiger charge is 2.62. The summed E-state index contributed by atoms with van der Waals surface area (Å²) in [5.41, 5.74) is -2.04. The molecule has 23 heavy (non-hydrogen) atoms. The zero-order valence-corrected chi connectivity index (χ0v) is 12.0. The Balaban J connectivity index is 1.91. The lowest BCUT2D eigenvalue weighted by Gasteiger charge is -2.61. The van der Waals surface area contributed by atoms with Crippen LogP contribution in [0.5, 0.6) is 0 Å². The quantitative estimate of drug-likeness (QED) is 0.795. The summed E-state index contributed by atoms with van der Waals surface area (Å²) >= 11 is 0. The van der Waals surface area contributed by atoms with Crippen LogP contribution in [-0.4, -0.2) is 39.6 Å². The summed E-state index contributed by atoms with van der Waals surface area (Å²) in [5.74, 6) is -10.0. The Morgan fingerprint density at radius 3 is 2.74 bits per heavy atom. The van der Waals surface area contributed by atoms with E-state index in [0.29, 0.717) is 11.3 Å². The largest absolute Gasteiger partial charge is 0.390 e. The topological polar surface area (TPSA) is 90.3 Å². The fourth-order valence-electron chi connectivity index (χ4n) is 3.82. The number of nitrogens with zero attached hydrogens (tertiary/aromatic N) is 2. The molecule has 1 saturated heterocycles. The summed E-state index contributed by atoms with van der Waals surface area (Å²) in [6.45, 7) is 0. The SMILES string of the molecule is [2H]C1([2H])C2([2H])C([2H])([2H])C3(O)C([2H])([2H])C1([2H])C([2H])([2H])C([C@H](N)C(=O)N1[C@H]4C[C@H]4C[C@@]1([2H])C#N)(C2([2H])[2H])C3([2H])[2H]. The molecule has 5 nitrogen and oxygen atoms in total. The van der Waals surface area contributed by atoms with Crippen molar-refractivity contribution in [3.05, 3.63) is 0 Å². The maximum atomic E-state index is 13.9. The minimum atomic E-state index is -4.27. The van der Waals surface area contributed by atoms with E-state index in [1.54, 1.807) is 6.07 Å². The normalized spacial score (nSPS) is 86.1. The van der Waals surface area contributed by atoms with E-state index < -0.39 is 85.1 Å². The molecule has 0 spiro atoms. The van der Waals surface area contributed by atoms with E-state index in [1.165, 1.54) is 0 Å². The minimum Gasteiger partial charge on any atom is -0.390 e. The molecule has 1 amide bonds. The van der Waals surface area contributed by atoms with Gasteiger partial charge in [0.15, 0.2) is 0 Å². The number of carbonyl (C=O) groups is 1. The highest BCUT2D eigenvalue weighted by molar-refractivity contribution is 5.84. The van der Waals surface area contributed by atoms with Gasteiger partial charge in [0.2, 0.25) is 5.91 Å². The van der Waals surface area contributed by atoms with Gasteiger partial charge in [-0.25, -0.2) is 0 Å². The van der Waals surface area contributed by atoms with Crippen molar-refractivity contribution in [2.45, 2.75) is 74.8 Å². The van der Waals surface area contributed by atoms with E-state index in [-0.39, 0.29) is 12.3 Å². The molecule has 5 aliphatic carbocycles. The first-order valence-corrected chi connectivity index (χ1v) is 7.43. The van der Waals surface area contributed by atoms with Crippen LogP contribution in [0.2, 0.25) is 0 Å². The molecule has 6 atom stereocenters. The molecule has 6 rings (SSSR count). The number of fused-ring (bicyclic) bond motifs is 1. The van der Waals surface area contributed by atoms with Gasteiger partial charge in [0.25, 0.3) is 0 Å². The number of aliphatic hydroxyl groups is 1. The summed E-state index contributed by atoms with van der Waals surface area (Å²) in [6, 6.07) is -4.25. The molecule has 5 saturated carbocycles. The van der Waals surface area contributed by atoms with Gasteiger partial charge in [-0.15, -0.1) is 0 Å². The fraction of sp³-hybridized carbons (Fsp3) is 0.889. The Labute approximate surface area is 157 Å². The Morgan fingerprint density at radius 1 is 1.39 bits per heavy atom. The molecular formula is C18H25N3O2. The number of piperidine rings is 1. The molecule has 0 radical (unpaired) electrons. The molecule has 2 unspecified atom stereocenters. The van der Waals surface area contributed by atoms with Crippen LogP contribution in [0, 0.1) is 34.5 Å². The first kappa shape index (κ1) is 5.71. The van der Waals surface area contributed by atoms with Gasteiger partial charge in [-0.1, -0.05) is 0 Å². The van der Waals surface area contributed by atoms with Gasteiger partial charge in [0, 0.05) is 25.2 Å². The van der Waals surface area contributed by atoms with Crippen LogP contribution in [0.1, 0.15) is 71.6 Å². The molecule has 5 heteroatoms. The van der Waals surface area contributed by atoms with E-state index in [2.05, 4.69) is 0 Å². The van der Waals surface area contributed by atoms with Crippen LogP contribution in [0.25, 0.3) is 0 Å². The van der Waals surface area contributed by atoms with Crippen LogP contribution in [0.15, 0.2) is 0 Å². The van der Waals surface area contributed by atoms with Gasteiger partial charge in [-0.3, -0.25) is 4.79 Å². The monoisotopic (exact) mass is 330 g/mol. The molecule has 6 aliphatic rings. The van der Waals surface area contributed by atoms with Gasteiger partial charge < -0.3 is 15.7 Å². The molecule has 0 aromatic carbocycles. The zero-order valence-electron chi connectivity index (χ0n) is 27.0. The molecule has 1 aliphatic heterocycles. The Morgan fingerprint density at radius 2 is 2.09 bits per heavy atom. The Bertz CT molecular complexity index is 1100. The number of nitrogens with two attached hydrogens (primary N) is 1. The summed E-state index contributed by atoms with van der Waals surface area (Å²) in [5, 5.41) is 21.2. The average Bonchev–Trinajstić information content (AvgIpc) is 3.44. The molecule has 0 aromatic rings. The van der Waals surface area contributed by atoms with E-state index in [1.807, 2.05) is 0 Å². The van der Waals surface area contributed by atoms with Gasteiger partial charge in [0.1, 0.15) is 6.02 Å². The van der Waals surface area contributed by atoms with Crippen LogP contribution in [0.3, 0.4) is 0 Å². The summed E-state index contributed by atoms with van der Waals surface area (Å²) in [6.07, 6.45) is -24.6. The van der Waals surface area contributed by atoms with Crippen LogP contribution >= 0.6 is 0 Å². The second kappa shape index (κ2) is 4.29. The molecule has 124 valence electrons. The number of likely N-dealkylation sites (tertiary alicyclic amines) is 1. The number of hydrogen-bond acceptors (Lipinski definition) is 4. The zero-order chi connectivity index (χ0) is 29.5. The van der Waals surface area contributed by atoms with Crippen LogP contribution in [-0.2, 0) is 4.79 Å². The lowest BCUT2D eigenvalue weighted by molar-refractivity contribution is -0.177. The van der Waals surface area contributed by atoms with E-state index >= 15 is 0 Å². The molecule has 6 fully saturated rings. The summed E-state index contributed by atoms with van der Waals surface area (Å²) in [4.78, 5) is 14.5. The third-order valence-electron chi connectivity index (χ3n) is 4.95. The van der Waals surface area contributed by atoms with Crippen LogP contribution in [0.4, 0.5) is 0 Å². The number of nitriles is 1. The van der Waals surface area contributed by atoms with E-state index in [4.69, 9.17) is 26.3 Å². The second-order valence-electron chi connectivity index (χ2n) is 6.53. The highest BCUT2D eigenvalue weighted by atomic mass is 16.3. The lowest BCUT2D eigenvalue weighted by Crippen LogP contribution is -2.64. The third kappa shape index (κ3) is 1.88. The maximum Gasteiger partial charge on any atom is 0.241 e. The Kier molecular flexibility index (Phi) is 1.06. The Hall–Kier alpha value is -1.12. The molecular weight excluding hydrogens is 290 g/mol. The molecule has 4 bridgehead atoms. The smallest absolute Gasteiger partial charge is 0.241 e. The van der Waals surface area contributed by atoms with Crippen molar-refractivity contribution in [3.63, 3.8) is 0 Å². The van der Waals surface area contributed by atoms with Gasteiger partial charge in [-0.2, -0.15) is 5.26 Å². The first-order chi connectivity index (χ1) is 16.7. The molecule has 0 aromatic heterocycles.